The molecular formula is C28H31N3O4. The predicted molar refractivity (Wildman–Crippen MR) is 137 cm³/mol. The van der Waals surface area contributed by atoms with Gasteiger partial charge in [0.2, 0.25) is 5.91 Å². The third-order valence-corrected chi connectivity index (χ3v) is 6.19. The van der Waals surface area contributed by atoms with Crippen LogP contribution in [0.3, 0.4) is 0 Å². The Morgan fingerprint density at radius 2 is 1.66 bits per heavy atom. The fraction of sp³-hybridized carbons (Fsp3) is 0.286. The topological polar surface area (TPSA) is 79.9 Å². The van der Waals surface area contributed by atoms with Crippen LogP contribution in [0.1, 0.15) is 28.4 Å². The van der Waals surface area contributed by atoms with Crippen molar-refractivity contribution in [3.05, 3.63) is 77.4 Å². The average molecular weight is 474 g/mol. The standard InChI is InChI=1S/C28H31N3O4/c1-19(32)30-14-13-29-18-24-26(34-2)16-21(17-27(24)35-3)28(33)31-15-12-23-22(10-7-11-25(23)31)20-8-5-4-6-9-20/h4-11,16-17,29H,12-15,18H2,1-3H3,(H,30,32). The maximum atomic E-state index is 13.6. The van der Waals surface area contributed by atoms with E-state index in [9.17, 15) is 9.59 Å². The fourth-order valence-corrected chi connectivity index (χ4v) is 4.51. The Kier molecular flexibility index (Phi) is 7.67. The van der Waals surface area contributed by atoms with Gasteiger partial charge in [-0.05, 0) is 41.3 Å². The molecule has 0 atom stereocenters. The molecule has 0 saturated heterocycles. The van der Waals surface area contributed by atoms with E-state index in [-0.39, 0.29) is 11.8 Å². The van der Waals surface area contributed by atoms with Gasteiger partial charge in [-0.3, -0.25) is 9.59 Å². The van der Waals surface area contributed by atoms with Gasteiger partial charge in [-0.2, -0.15) is 0 Å². The predicted octanol–water partition coefficient (Wildman–Crippen LogP) is 3.80. The smallest absolute Gasteiger partial charge is 0.258 e. The molecular weight excluding hydrogens is 442 g/mol. The lowest BCUT2D eigenvalue weighted by molar-refractivity contribution is -0.118. The van der Waals surface area contributed by atoms with Crippen LogP contribution in [0.5, 0.6) is 11.5 Å². The Hall–Kier alpha value is -3.84. The Bertz CT molecular complexity index is 1190. The lowest BCUT2D eigenvalue weighted by atomic mass is 9.98. The summed E-state index contributed by atoms with van der Waals surface area (Å²) in [4.78, 5) is 26.5. The molecule has 0 unspecified atom stereocenters. The molecule has 0 aromatic heterocycles. The van der Waals surface area contributed by atoms with E-state index in [1.54, 1.807) is 26.4 Å². The van der Waals surface area contributed by atoms with E-state index < -0.39 is 0 Å². The molecule has 7 nitrogen and oxygen atoms in total. The number of rotatable bonds is 9. The number of amides is 2. The molecule has 35 heavy (non-hydrogen) atoms. The molecule has 2 amide bonds. The van der Waals surface area contributed by atoms with Gasteiger partial charge < -0.3 is 25.0 Å². The molecule has 182 valence electrons. The zero-order valence-corrected chi connectivity index (χ0v) is 20.4. The van der Waals surface area contributed by atoms with Crippen LogP contribution in [0.25, 0.3) is 11.1 Å². The van der Waals surface area contributed by atoms with E-state index in [2.05, 4.69) is 28.8 Å². The summed E-state index contributed by atoms with van der Waals surface area (Å²) in [6, 6.07) is 19.9. The van der Waals surface area contributed by atoms with Gasteiger partial charge in [0, 0.05) is 49.9 Å². The second-order valence-corrected chi connectivity index (χ2v) is 8.40. The highest BCUT2D eigenvalue weighted by atomic mass is 16.5. The molecule has 2 N–H and O–H groups in total. The summed E-state index contributed by atoms with van der Waals surface area (Å²) in [5.74, 6) is 1.01. The van der Waals surface area contributed by atoms with Crippen LogP contribution in [-0.4, -0.2) is 45.7 Å². The van der Waals surface area contributed by atoms with Gasteiger partial charge in [0.15, 0.2) is 0 Å². The van der Waals surface area contributed by atoms with Gasteiger partial charge in [-0.1, -0.05) is 42.5 Å². The van der Waals surface area contributed by atoms with E-state index >= 15 is 0 Å². The van der Waals surface area contributed by atoms with E-state index in [1.807, 2.05) is 35.2 Å². The molecule has 0 saturated carbocycles. The molecule has 3 aromatic rings. The van der Waals surface area contributed by atoms with Crippen molar-refractivity contribution >= 4 is 17.5 Å². The summed E-state index contributed by atoms with van der Waals surface area (Å²) in [5, 5.41) is 6.03. The first kappa shape index (κ1) is 24.3. The molecule has 0 bridgehead atoms. The first-order chi connectivity index (χ1) is 17.0. The molecule has 1 heterocycles. The van der Waals surface area contributed by atoms with Gasteiger partial charge in [-0.15, -0.1) is 0 Å². The number of ether oxygens (including phenoxy) is 2. The Morgan fingerprint density at radius 1 is 0.943 bits per heavy atom. The van der Waals surface area contributed by atoms with Crippen LogP contribution < -0.4 is 25.0 Å². The molecule has 0 aliphatic carbocycles. The van der Waals surface area contributed by atoms with Crippen LogP contribution in [-0.2, 0) is 17.8 Å². The Balaban J connectivity index is 1.58. The minimum absolute atomic E-state index is 0.0656. The Labute approximate surface area is 206 Å². The van der Waals surface area contributed by atoms with E-state index in [4.69, 9.17) is 9.47 Å². The first-order valence-electron chi connectivity index (χ1n) is 11.7. The number of hydrogen-bond acceptors (Lipinski definition) is 5. The molecule has 3 aromatic carbocycles. The fourth-order valence-electron chi connectivity index (χ4n) is 4.51. The number of carbonyl (C=O) groups is 2. The highest BCUT2D eigenvalue weighted by molar-refractivity contribution is 6.08. The van der Waals surface area contributed by atoms with Crippen molar-refractivity contribution in [2.24, 2.45) is 0 Å². The van der Waals surface area contributed by atoms with Crippen molar-refractivity contribution in [1.82, 2.24) is 10.6 Å². The molecule has 1 aliphatic heterocycles. The SMILES string of the molecule is COc1cc(C(=O)N2CCc3c(-c4ccccc4)cccc32)cc(OC)c1CNCCNC(C)=O. The average Bonchev–Trinajstić information content (AvgIpc) is 3.32. The molecule has 0 spiro atoms. The van der Waals surface area contributed by atoms with E-state index in [1.165, 1.54) is 12.5 Å². The van der Waals surface area contributed by atoms with Gasteiger partial charge >= 0.3 is 0 Å². The van der Waals surface area contributed by atoms with Gasteiger partial charge in [0.25, 0.3) is 5.91 Å². The number of benzene rings is 3. The third-order valence-electron chi connectivity index (χ3n) is 6.19. The molecule has 0 radical (unpaired) electrons. The summed E-state index contributed by atoms with van der Waals surface area (Å²) in [6.45, 7) is 3.71. The molecule has 7 heteroatoms. The summed E-state index contributed by atoms with van der Waals surface area (Å²) < 4.78 is 11.2. The number of anilines is 1. The van der Waals surface area contributed by atoms with E-state index in [0.29, 0.717) is 43.2 Å². The molecule has 1 aliphatic rings. The lowest BCUT2D eigenvalue weighted by Gasteiger charge is -2.20. The van der Waals surface area contributed by atoms with Gasteiger partial charge in [0.1, 0.15) is 11.5 Å². The third kappa shape index (κ3) is 5.30. The highest BCUT2D eigenvalue weighted by Crippen LogP contribution is 2.38. The van der Waals surface area contributed by atoms with Crippen molar-refractivity contribution in [2.45, 2.75) is 19.9 Å². The zero-order chi connectivity index (χ0) is 24.8. The first-order valence-corrected chi connectivity index (χ1v) is 11.7. The second-order valence-electron chi connectivity index (χ2n) is 8.40. The number of fused-ring (bicyclic) bond motifs is 1. The minimum atomic E-state index is -0.0873. The number of nitrogens with one attached hydrogen (secondary N) is 2. The molecule has 4 rings (SSSR count). The van der Waals surface area contributed by atoms with Crippen LogP contribution in [0.4, 0.5) is 5.69 Å². The van der Waals surface area contributed by atoms with Crippen LogP contribution in [0, 0.1) is 0 Å². The number of carbonyl (C=O) groups excluding carboxylic acids is 2. The van der Waals surface area contributed by atoms with Gasteiger partial charge in [-0.25, -0.2) is 0 Å². The Morgan fingerprint density at radius 3 is 2.31 bits per heavy atom. The van der Waals surface area contributed by atoms with Gasteiger partial charge in [0.05, 0.1) is 14.2 Å². The number of methoxy groups -OCH3 is 2. The van der Waals surface area contributed by atoms with Crippen molar-refractivity contribution in [2.75, 3.05) is 38.8 Å². The molecule has 0 fully saturated rings. The zero-order valence-electron chi connectivity index (χ0n) is 20.4. The number of nitrogens with zero attached hydrogens (tertiary/aromatic N) is 1. The quantitative estimate of drug-likeness (QED) is 0.462. The van der Waals surface area contributed by atoms with Crippen molar-refractivity contribution < 1.29 is 19.1 Å². The normalized spacial score (nSPS) is 12.3. The maximum Gasteiger partial charge on any atom is 0.258 e. The maximum absolute atomic E-state index is 13.6. The summed E-state index contributed by atoms with van der Waals surface area (Å²) >= 11 is 0. The van der Waals surface area contributed by atoms with Crippen molar-refractivity contribution in [3.63, 3.8) is 0 Å². The van der Waals surface area contributed by atoms with Crippen LogP contribution in [0.2, 0.25) is 0 Å². The minimum Gasteiger partial charge on any atom is -0.496 e. The van der Waals surface area contributed by atoms with E-state index in [0.717, 1.165) is 28.8 Å². The monoisotopic (exact) mass is 473 g/mol. The van der Waals surface area contributed by atoms with Crippen LogP contribution >= 0.6 is 0 Å². The second kappa shape index (κ2) is 11.1. The summed E-state index contributed by atoms with van der Waals surface area (Å²) in [7, 11) is 3.17. The highest BCUT2D eigenvalue weighted by Gasteiger charge is 2.29. The largest absolute Gasteiger partial charge is 0.496 e. The summed E-state index contributed by atoms with van der Waals surface area (Å²) in [5.41, 5.74) is 5.77. The lowest BCUT2D eigenvalue weighted by Crippen LogP contribution is -2.30. The van der Waals surface area contributed by atoms with Crippen molar-refractivity contribution in [3.8, 4) is 22.6 Å². The van der Waals surface area contributed by atoms with Crippen molar-refractivity contribution in [1.29, 1.82) is 0 Å². The number of hydrogen-bond donors (Lipinski definition) is 2. The summed E-state index contributed by atoms with van der Waals surface area (Å²) in [6.07, 6.45) is 0.802. The van der Waals surface area contributed by atoms with Crippen LogP contribution in [0.15, 0.2) is 60.7 Å².